The molecule has 55 valence electrons. The van der Waals surface area contributed by atoms with Gasteiger partial charge in [-0.1, -0.05) is 18.2 Å². The fraction of sp³-hybridized carbons (Fsp3) is 0.125. The van der Waals surface area contributed by atoms with Gasteiger partial charge in [0, 0.05) is 11.8 Å². The summed E-state index contributed by atoms with van der Waals surface area (Å²) >= 11 is 0. The Labute approximate surface area is 65.0 Å². The summed E-state index contributed by atoms with van der Waals surface area (Å²) in [7, 11) is 0. The fourth-order valence-electron chi connectivity index (χ4n) is 1.16. The highest BCUT2D eigenvalue weighted by Gasteiger charge is 2.15. The van der Waals surface area contributed by atoms with Crippen LogP contribution < -0.4 is 11.5 Å². The van der Waals surface area contributed by atoms with E-state index >= 15 is 0 Å². The minimum Gasteiger partial charge on any atom is -0.326 e. The fourth-order valence-corrected chi connectivity index (χ4v) is 1.16. The van der Waals surface area contributed by atoms with Gasteiger partial charge in [0.05, 0.1) is 6.42 Å². The van der Waals surface area contributed by atoms with Crippen LogP contribution in [0.1, 0.15) is 5.56 Å². The first kappa shape index (κ1) is 7.75. The minimum atomic E-state index is 0. The predicted octanol–water partition coefficient (Wildman–Crippen LogP) is 0.701. The zero-order valence-corrected chi connectivity index (χ0v) is 5.87. The molecule has 0 fully saturated rings. The number of carbonyl (C=O) groups is 1. The summed E-state index contributed by atoms with van der Waals surface area (Å²) in [6, 6.07) is 7.75. The molecule has 3 heteroatoms. The number of carbonyl (C=O) groups excluding carboxylic acids is 1. The lowest BCUT2D eigenvalue weighted by Crippen LogP contribution is -2.03. The van der Waals surface area contributed by atoms with Crippen molar-refractivity contribution in [2.45, 2.75) is 6.42 Å². The Balaban J connectivity index is 0.000000605. The number of benzene rings is 1. The van der Waals surface area contributed by atoms with Crippen LogP contribution in [0.2, 0.25) is 0 Å². The van der Waals surface area contributed by atoms with Crippen LogP contribution in [-0.2, 0) is 11.2 Å². The van der Waals surface area contributed by atoms with Crippen molar-refractivity contribution in [1.29, 1.82) is 0 Å². The summed E-state index contributed by atoms with van der Waals surface area (Å²) in [5.74, 6) is 0.0983. The Morgan fingerprint density at radius 3 is 2.73 bits per heavy atom. The Morgan fingerprint density at radius 2 is 2.00 bits per heavy atom. The van der Waals surface area contributed by atoms with Gasteiger partial charge in [0.2, 0.25) is 5.91 Å². The lowest BCUT2D eigenvalue weighted by molar-refractivity contribution is -0.115. The highest BCUT2D eigenvalue weighted by atomic mass is 16.1. The van der Waals surface area contributed by atoms with Crippen molar-refractivity contribution in [3.05, 3.63) is 29.8 Å². The van der Waals surface area contributed by atoms with Gasteiger partial charge in [-0.25, -0.2) is 0 Å². The van der Waals surface area contributed by atoms with Crippen LogP contribution in [0.3, 0.4) is 0 Å². The quantitative estimate of drug-likeness (QED) is 0.577. The number of anilines is 1. The van der Waals surface area contributed by atoms with E-state index in [0.29, 0.717) is 6.42 Å². The van der Waals surface area contributed by atoms with Gasteiger partial charge >= 0.3 is 0 Å². The molecule has 11 heavy (non-hydrogen) atoms. The summed E-state index contributed by atoms with van der Waals surface area (Å²) < 4.78 is 0. The third-order valence-electron chi connectivity index (χ3n) is 1.64. The largest absolute Gasteiger partial charge is 0.326 e. The van der Waals surface area contributed by atoms with E-state index in [2.05, 4.69) is 5.32 Å². The van der Waals surface area contributed by atoms with Gasteiger partial charge in [-0.15, -0.1) is 0 Å². The first-order valence-electron chi connectivity index (χ1n) is 3.24. The molecule has 2 rings (SSSR count). The summed E-state index contributed by atoms with van der Waals surface area (Å²) in [6.45, 7) is 0. The summed E-state index contributed by atoms with van der Waals surface area (Å²) in [4.78, 5) is 10.8. The molecule has 1 aromatic rings. The van der Waals surface area contributed by atoms with Crippen molar-refractivity contribution in [1.82, 2.24) is 6.15 Å². The van der Waals surface area contributed by atoms with E-state index in [1.807, 2.05) is 24.3 Å². The number of para-hydroxylation sites is 1. The van der Waals surface area contributed by atoms with E-state index in [-0.39, 0.29) is 12.1 Å². The monoisotopic (exact) mass is 147 g/mol. The topological polar surface area (TPSA) is 59.6 Å². The van der Waals surface area contributed by atoms with Crippen LogP contribution in [0.4, 0.5) is 5.69 Å². The van der Waals surface area contributed by atoms with E-state index < -0.39 is 0 Å². The zero-order chi connectivity index (χ0) is 6.97. The van der Waals surface area contributed by atoms with Crippen molar-refractivity contribution in [3.8, 4) is 0 Å². The van der Waals surface area contributed by atoms with Crippen molar-refractivity contribution >= 4 is 11.6 Å². The number of nitrogens with zero attached hydrogens (tertiary/aromatic N) is 1. The zero-order valence-electron chi connectivity index (χ0n) is 5.87. The molecule has 1 heterocycles. The molecule has 0 aromatic heterocycles. The van der Waals surface area contributed by atoms with Crippen molar-refractivity contribution in [2.75, 3.05) is 5.32 Å². The molecule has 1 aromatic carbocycles. The third-order valence-corrected chi connectivity index (χ3v) is 1.64. The first-order valence-corrected chi connectivity index (χ1v) is 3.24. The number of nitrogens with one attached hydrogen (secondary N) is 1. The lowest BCUT2D eigenvalue weighted by atomic mass is 10.2. The third kappa shape index (κ3) is 1.23. The maximum absolute atomic E-state index is 10.8. The molecule has 0 unspecified atom stereocenters. The van der Waals surface area contributed by atoms with Gasteiger partial charge in [0.25, 0.3) is 0 Å². The molecule has 0 saturated heterocycles. The Bertz CT molecular complexity index is 256. The van der Waals surface area contributed by atoms with E-state index in [4.69, 9.17) is 0 Å². The Kier molecular flexibility index (Phi) is 1.92. The molecule has 0 atom stereocenters. The van der Waals surface area contributed by atoms with Crippen LogP contribution >= 0.6 is 0 Å². The molecule has 0 saturated carbocycles. The number of hydrogen-bond acceptors (Lipinski definition) is 1. The smallest absolute Gasteiger partial charge is 0.228 e. The highest BCUT2D eigenvalue weighted by molar-refractivity contribution is 5.98. The van der Waals surface area contributed by atoms with E-state index in [1.54, 1.807) is 0 Å². The summed E-state index contributed by atoms with van der Waals surface area (Å²) in [6.07, 6.45) is 0.538. The van der Waals surface area contributed by atoms with Crippen molar-refractivity contribution in [2.24, 2.45) is 0 Å². The number of amides is 1. The van der Waals surface area contributed by atoms with Crippen LogP contribution in [0, 0.1) is 0 Å². The molecule has 1 N–H and O–H groups in total. The molecule has 3 nitrogen and oxygen atoms in total. The van der Waals surface area contributed by atoms with E-state index in [9.17, 15) is 4.79 Å². The van der Waals surface area contributed by atoms with Gasteiger partial charge < -0.3 is 5.32 Å². The minimum absolute atomic E-state index is 0. The van der Waals surface area contributed by atoms with Gasteiger partial charge in [0.15, 0.2) is 0 Å². The lowest BCUT2D eigenvalue weighted by Gasteiger charge is -1.93. The van der Waals surface area contributed by atoms with Crippen LogP contribution in [-0.4, -0.2) is 5.91 Å². The van der Waals surface area contributed by atoms with E-state index in [1.165, 1.54) is 0 Å². The summed E-state index contributed by atoms with van der Waals surface area (Å²) in [5, 5.41) is 2.76. The first-order chi connectivity index (χ1) is 4.86. The molecular weight excluding hydrogens is 140 g/mol. The molecule has 0 bridgehead atoms. The maximum atomic E-state index is 10.8. The molecule has 1 aliphatic heterocycles. The normalized spacial score (nSPS) is 13.3. The van der Waals surface area contributed by atoms with Crippen LogP contribution in [0.5, 0.6) is 0 Å². The second-order valence-electron chi connectivity index (χ2n) is 2.38. The number of hydrogen-bond donors (Lipinski definition) is 1. The van der Waals surface area contributed by atoms with Crippen molar-refractivity contribution < 1.29 is 4.79 Å². The predicted molar refractivity (Wildman–Crippen MR) is 40.9 cm³/mol. The second-order valence-corrected chi connectivity index (χ2v) is 2.38. The highest BCUT2D eigenvalue weighted by Crippen LogP contribution is 2.20. The standard InChI is InChI=1S/C8H7NO.N/c10-8-5-6-3-1-2-4-7(6)9-8;/h1-4H,5H2,(H,9,10);. The van der Waals surface area contributed by atoms with Gasteiger partial charge in [-0.05, 0) is 11.6 Å². The Hall–Kier alpha value is -1.35. The molecule has 0 spiro atoms. The van der Waals surface area contributed by atoms with Gasteiger partial charge in [0.1, 0.15) is 0 Å². The van der Waals surface area contributed by atoms with Crippen LogP contribution in [0.25, 0.3) is 0 Å². The summed E-state index contributed by atoms with van der Waals surface area (Å²) in [5.41, 5.74) is 2.07. The second kappa shape index (κ2) is 2.72. The average molecular weight is 147 g/mol. The number of rotatable bonds is 0. The maximum Gasteiger partial charge on any atom is 0.228 e. The average Bonchev–Trinajstić information content (AvgIpc) is 2.27. The Morgan fingerprint density at radius 1 is 1.27 bits per heavy atom. The molecule has 0 aliphatic carbocycles. The van der Waals surface area contributed by atoms with Crippen LogP contribution in [0.15, 0.2) is 24.3 Å². The van der Waals surface area contributed by atoms with Crippen molar-refractivity contribution in [3.63, 3.8) is 0 Å². The van der Waals surface area contributed by atoms with Gasteiger partial charge in [-0.2, -0.15) is 0 Å². The van der Waals surface area contributed by atoms with Gasteiger partial charge in [-0.3, -0.25) is 4.79 Å². The SMILES string of the molecule is O=C1Cc2ccccc2N1.[N]. The number of fused-ring (bicyclic) bond motifs is 1. The molecule has 3 radical (unpaired) electrons. The molecule has 1 aliphatic rings. The molecule has 1 amide bonds. The van der Waals surface area contributed by atoms with E-state index in [0.717, 1.165) is 11.3 Å². The molecular formula is C8H7N2O.